The Morgan fingerprint density at radius 2 is 1.42 bits per heavy atom. The van der Waals surface area contributed by atoms with Crippen LogP contribution in [0.3, 0.4) is 0 Å². The molecule has 0 atom stereocenters. The van der Waals surface area contributed by atoms with Crippen molar-refractivity contribution in [2.24, 2.45) is 0 Å². The summed E-state index contributed by atoms with van der Waals surface area (Å²) in [6.07, 6.45) is 2.63. The zero-order valence-corrected chi connectivity index (χ0v) is 18.4. The lowest BCUT2D eigenvalue weighted by Gasteiger charge is -2.17. The Hall–Kier alpha value is -4.13. The van der Waals surface area contributed by atoms with E-state index in [4.69, 9.17) is 9.47 Å². The summed E-state index contributed by atoms with van der Waals surface area (Å²) >= 11 is 0. The van der Waals surface area contributed by atoms with E-state index in [0.29, 0.717) is 47.2 Å². The first kappa shape index (κ1) is 23.5. The Morgan fingerprint density at radius 3 is 2.03 bits per heavy atom. The maximum absolute atomic E-state index is 13.8. The first-order valence-electron chi connectivity index (χ1n) is 10.6. The molecule has 6 nitrogen and oxygen atoms in total. The van der Waals surface area contributed by atoms with Gasteiger partial charge in [0.05, 0.1) is 24.6 Å². The molecule has 0 spiro atoms. The number of halogens is 1. The molecule has 0 aliphatic heterocycles. The summed E-state index contributed by atoms with van der Waals surface area (Å²) in [5.41, 5.74) is 1.57. The van der Waals surface area contributed by atoms with Gasteiger partial charge in [0.2, 0.25) is 5.91 Å². The quantitative estimate of drug-likeness (QED) is 0.422. The van der Waals surface area contributed by atoms with E-state index in [-0.39, 0.29) is 5.91 Å². The molecule has 0 aromatic heterocycles. The Balaban J connectivity index is 1.86. The van der Waals surface area contributed by atoms with Crippen LogP contribution in [-0.4, -0.2) is 25.0 Å². The highest BCUT2D eigenvalue weighted by atomic mass is 19.1. The number of hydrogen-bond donors (Lipinski definition) is 2. The van der Waals surface area contributed by atoms with Gasteiger partial charge in [-0.3, -0.25) is 9.59 Å². The fourth-order valence-electron chi connectivity index (χ4n) is 3.04. The van der Waals surface area contributed by atoms with E-state index >= 15 is 0 Å². The number of benzene rings is 3. The van der Waals surface area contributed by atoms with Gasteiger partial charge in [0, 0.05) is 29.3 Å². The summed E-state index contributed by atoms with van der Waals surface area (Å²) in [7, 11) is 0. The van der Waals surface area contributed by atoms with Crippen molar-refractivity contribution in [1.82, 2.24) is 0 Å². The van der Waals surface area contributed by atoms with Crippen molar-refractivity contribution in [3.8, 4) is 11.5 Å². The van der Waals surface area contributed by atoms with Crippen LogP contribution in [-0.2, 0) is 4.79 Å². The fourth-order valence-corrected chi connectivity index (χ4v) is 3.04. The molecule has 33 heavy (non-hydrogen) atoms. The van der Waals surface area contributed by atoms with Crippen molar-refractivity contribution in [3.63, 3.8) is 0 Å². The SMILES string of the molecule is CCOc1cc(NC(=O)c2ccccc2)c(OCC)cc1NC(=O)/C=C/c1ccccc1F. The van der Waals surface area contributed by atoms with Crippen molar-refractivity contribution in [2.75, 3.05) is 23.8 Å². The Kier molecular flexibility index (Phi) is 8.18. The molecule has 3 rings (SSSR count). The van der Waals surface area contributed by atoms with Crippen LogP contribution in [0.5, 0.6) is 11.5 Å². The molecule has 0 saturated heterocycles. The number of rotatable bonds is 9. The molecule has 0 bridgehead atoms. The molecule has 0 heterocycles. The summed E-state index contributed by atoms with van der Waals surface area (Å²) in [6.45, 7) is 4.31. The second-order valence-electron chi connectivity index (χ2n) is 6.87. The summed E-state index contributed by atoms with van der Waals surface area (Å²) in [4.78, 5) is 25.1. The number of carbonyl (C=O) groups is 2. The lowest BCUT2D eigenvalue weighted by Crippen LogP contribution is -2.14. The summed E-state index contributed by atoms with van der Waals surface area (Å²) in [5, 5.41) is 5.56. The highest BCUT2D eigenvalue weighted by Crippen LogP contribution is 2.37. The summed E-state index contributed by atoms with van der Waals surface area (Å²) < 4.78 is 25.1. The third-order valence-corrected chi connectivity index (χ3v) is 4.54. The number of anilines is 2. The minimum atomic E-state index is -0.470. The van der Waals surface area contributed by atoms with Crippen LogP contribution in [0.15, 0.2) is 72.8 Å². The lowest BCUT2D eigenvalue weighted by atomic mass is 10.2. The molecule has 0 radical (unpaired) electrons. The van der Waals surface area contributed by atoms with Gasteiger partial charge in [-0.2, -0.15) is 0 Å². The zero-order valence-electron chi connectivity index (χ0n) is 18.4. The third kappa shape index (κ3) is 6.43. The maximum atomic E-state index is 13.8. The topological polar surface area (TPSA) is 76.7 Å². The van der Waals surface area contributed by atoms with E-state index in [0.717, 1.165) is 0 Å². The standard InChI is InChI=1S/C26H25FN2O4/c1-3-32-23-17-22(29-26(31)19-11-6-5-7-12-19)24(33-4-2)16-21(23)28-25(30)15-14-18-10-8-9-13-20(18)27/h5-17H,3-4H2,1-2H3,(H,28,30)(H,29,31)/b15-14+. The number of ether oxygens (including phenoxy) is 2. The molecule has 2 N–H and O–H groups in total. The van der Waals surface area contributed by atoms with Crippen LogP contribution < -0.4 is 20.1 Å². The van der Waals surface area contributed by atoms with Crippen LogP contribution in [0.2, 0.25) is 0 Å². The van der Waals surface area contributed by atoms with Crippen molar-refractivity contribution in [3.05, 3.63) is 89.8 Å². The van der Waals surface area contributed by atoms with E-state index in [2.05, 4.69) is 10.6 Å². The summed E-state index contributed by atoms with van der Waals surface area (Å²) in [6, 6.07) is 18.1. The predicted molar refractivity (Wildman–Crippen MR) is 127 cm³/mol. The molecular weight excluding hydrogens is 423 g/mol. The average Bonchev–Trinajstić information content (AvgIpc) is 2.82. The molecule has 0 saturated carbocycles. The first-order valence-corrected chi connectivity index (χ1v) is 10.6. The Bertz CT molecular complexity index is 1150. The normalized spacial score (nSPS) is 10.6. The van der Waals surface area contributed by atoms with Crippen molar-refractivity contribution < 1.29 is 23.5 Å². The predicted octanol–water partition coefficient (Wildman–Crippen LogP) is 5.53. The summed E-state index contributed by atoms with van der Waals surface area (Å²) in [5.74, 6) is -0.462. The van der Waals surface area contributed by atoms with Gasteiger partial charge in [-0.25, -0.2) is 4.39 Å². The molecule has 0 fully saturated rings. The lowest BCUT2D eigenvalue weighted by molar-refractivity contribution is -0.111. The second-order valence-corrected chi connectivity index (χ2v) is 6.87. The van der Waals surface area contributed by atoms with Gasteiger partial charge in [0.1, 0.15) is 17.3 Å². The Morgan fingerprint density at radius 1 is 0.848 bits per heavy atom. The third-order valence-electron chi connectivity index (χ3n) is 4.54. The molecule has 3 aromatic carbocycles. The maximum Gasteiger partial charge on any atom is 0.255 e. The van der Waals surface area contributed by atoms with Crippen molar-refractivity contribution in [1.29, 1.82) is 0 Å². The van der Waals surface area contributed by atoms with E-state index in [1.807, 2.05) is 19.9 Å². The van der Waals surface area contributed by atoms with E-state index in [9.17, 15) is 14.0 Å². The fraction of sp³-hybridized carbons (Fsp3) is 0.154. The van der Waals surface area contributed by atoms with Crippen LogP contribution in [0, 0.1) is 5.82 Å². The number of hydrogen-bond acceptors (Lipinski definition) is 4. The monoisotopic (exact) mass is 448 g/mol. The molecule has 170 valence electrons. The second kappa shape index (κ2) is 11.5. The highest BCUT2D eigenvalue weighted by Gasteiger charge is 2.16. The smallest absolute Gasteiger partial charge is 0.255 e. The van der Waals surface area contributed by atoms with Crippen molar-refractivity contribution >= 4 is 29.3 Å². The van der Waals surface area contributed by atoms with Crippen LogP contribution in [0.4, 0.5) is 15.8 Å². The van der Waals surface area contributed by atoms with E-state index in [1.54, 1.807) is 54.6 Å². The molecular formula is C26H25FN2O4. The van der Waals surface area contributed by atoms with Crippen LogP contribution in [0.25, 0.3) is 6.08 Å². The van der Waals surface area contributed by atoms with Crippen LogP contribution >= 0.6 is 0 Å². The largest absolute Gasteiger partial charge is 0.492 e. The van der Waals surface area contributed by atoms with Gasteiger partial charge in [-0.1, -0.05) is 36.4 Å². The van der Waals surface area contributed by atoms with Gasteiger partial charge >= 0.3 is 0 Å². The minimum absolute atomic E-state index is 0.298. The molecule has 0 unspecified atom stereocenters. The molecule has 7 heteroatoms. The van der Waals surface area contributed by atoms with E-state index < -0.39 is 11.7 Å². The minimum Gasteiger partial charge on any atom is -0.492 e. The van der Waals surface area contributed by atoms with Gasteiger partial charge in [-0.05, 0) is 38.1 Å². The molecule has 0 aliphatic rings. The van der Waals surface area contributed by atoms with Gasteiger partial charge < -0.3 is 20.1 Å². The van der Waals surface area contributed by atoms with Gasteiger partial charge in [0.25, 0.3) is 5.91 Å². The van der Waals surface area contributed by atoms with Crippen molar-refractivity contribution in [2.45, 2.75) is 13.8 Å². The first-order chi connectivity index (χ1) is 16.0. The van der Waals surface area contributed by atoms with Gasteiger partial charge in [-0.15, -0.1) is 0 Å². The van der Waals surface area contributed by atoms with Crippen LogP contribution in [0.1, 0.15) is 29.8 Å². The number of carbonyl (C=O) groups excluding carboxylic acids is 2. The average molecular weight is 448 g/mol. The highest BCUT2D eigenvalue weighted by molar-refractivity contribution is 6.06. The number of nitrogens with one attached hydrogen (secondary N) is 2. The van der Waals surface area contributed by atoms with Gasteiger partial charge in [0.15, 0.2) is 0 Å². The van der Waals surface area contributed by atoms with E-state index in [1.165, 1.54) is 18.2 Å². The molecule has 0 aliphatic carbocycles. The Labute approximate surface area is 192 Å². The zero-order chi connectivity index (χ0) is 23.6. The molecule has 3 aromatic rings. The number of amides is 2. The molecule has 2 amide bonds.